The van der Waals surface area contributed by atoms with Gasteiger partial charge in [0, 0.05) is 20.1 Å². The summed E-state index contributed by atoms with van der Waals surface area (Å²) in [5, 5.41) is 3.09. The lowest BCUT2D eigenvalue weighted by Crippen LogP contribution is -2.07. The Labute approximate surface area is 110 Å². The van der Waals surface area contributed by atoms with Crippen molar-refractivity contribution in [2.75, 3.05) is 19.5 Å². The summed E-state index contributed by atoms with van der Waals surface area (Å²) in [6.07, 6.45) is 1.16. The lowest BCUT2D eigenvalue weighted by Gasteiger charge is -2.11. The second kappa shape index (κ2) is 4.53. The van der Waals surface area contributed by atoms with Gasteiger partial charge < -0.3 is 10.1 Å². The number of aromatic nitrogens is 2. The van der Waals surface area contributed by atoms with E-state index >= 15 is 0 Å². The fraction of sp³-hybridized carbons (Fsp3) is 0.667. The van der Waals surface area contributed by atoms with Crippen LogP contribution >= 0.6 is 15.9 Å². The Morgan fingerprint density at radius 1 is 1.47 bits per heavy atom. The monoisotopic (exact) mass is 299 g/mol. The number of anilines is 1. The van der Waals surface area contributed by atoms with Crippen LogP contribution in [-0.4, -0.2) is 24.1 Å². The van der Waals surface area contributed by atoms with Gasteiger partial charge in [0.05, 0.1) is 16.8 Å². The van der Waals surface area contributed by atoms with E-state index in [0.717, 1.165) is 28.2 Å². The number of nitrogens with zero attached hydrogens (tertiary/aromatic N) is 2. The highest BCUT2D eigenvalue weighted by molar-refractivity contribution is 9.10. The van der Waals surface area contributed by atoms with E-state index in [1.54, 1.807) is 7.11 Å². The fourth-order valence-corrected chi connectivity index (χ4v) is 2.46. The lowest BCUT2D eigenvalue weighted by molar-refractivity contribution is 0.180. The summed E-state index contributed by atoms with van der Waals surface area (Å²) in [5.74, 6) is 2.23. The van der Waals surface area contributed by atoms with Crippen LogP contribution in [0.25, 0.3) is 0 Å². The normalized spacial score (nSPS) is 21.4. The predicted octanol–water partition coefficient (Wildman–Crippen LogP) is 2.94. The second-order valence-corrected chi connectivity index (χ2v) is 5.91. The molecule has 0 amide bonds. The zero-order valence-electron chi connectivity index (χ0n) is 10.7. The van der Waals surface area contributed by atoms with Crippen LogP contribution in [0.1, 0.15) is 37.7 Å². The Bertz CT molecular complexity index is 434. The highest BCUT2D eigenvalue weighted by atomic mass is 79.9. The maximum absolute atomic E-state index is 5.17. The number of rotatable bonds is 4. The van der Waals surface area contributed by atoms with Gasteiger partial charge in [-0.05, 0) is 27.8 Å². The minimum atomic E-state index is 0.336. The third-order valence-electron chi connectivity index (χ3n) is 3.28. The van der Waals surface area contributed by atoms with Gasteiger partial charge in [0.15, 0.2) is 0 Å². The summed E-state index contributed by atoms with van der Waals surface area (Å²) in [7, 11) is 3.54. The van der Waals surface area contributed by atoms with Crippen LogP contribution in [0.3, 0.4) is 0 Å². The Hall–Kier alpha value is -0.680. The van der Waals surface area contributed by atoms with Crippen LogP contribution in [0.2, 0.25) is 0 Å². The molecular formula is C12H18BrN3O. The fourth-order valence-electron chi connectivity index (χ4n) is 1.97. The molecule has 1 saturated carbocycles. The first-order valence-corrected chi connectivity index (χ1v) is 6.52. The lowest BCUT2D eigenvalue weighted by atomic mass is 10.1. The molecule has 1 aliphatic rings. The molecule has 1 aromatic heterocycles. The Morgan fingerprint density at radius 2 is 2.12 bits per heavy atom. The maximum atomic E-state index is 5.17. The highest BCUT2D eigenvalue weighted by Gasteiger charge is 2.48. The quantitative estimate of drug-likeness (QED) is 0.928. The summed E-state index contributed by atoms with van der Waals surface area (Å²) in [4.78, 5) is 9.17. The summed E-state index contributed by atoms with van der Waals surface area (Å²) >= 11 is 3.51. The molecule has 4 nitrogen and oxygen atoms in total. The molecule has 0 bridgehead atoms. The number of nitrogens with one attached hydrogen (secondary N) is 1. The molecule has 0 aliphatic heterocycles. The molecule has 94 valence electrons. The van der Waals surface area contributed by atoms with Crippen LogP contribution in [-0.2, 0) is 11.3 Å². The minimum absolute atomic E-state index is 0.336. The molecule has 1 aromatic rings. The molecular weight excluding hydrogens is 282 g/mol. The molecule has 1 atom stereocenters. The van der Waals surface area contributed by atoms with Crippen molar-refractivity contribution >= 4 is 21.7 Å². The zero-order chi connectivity index (χ0) is 12.6. The van der Waals surface area contributed by atoms with Gasteiger partial charge in [0.2, 0.25) is 0 Å². The smallest absolute Gasteiger partial charge is 0.144 e. The van der Waals surface area contributed by atoms with Crippen LogP contribution in [0.4, 0.5) is 5.82 Å². The van der Waals surface area contributed by atoms with Crippen LogP contribution in [0.15, 0.2) is 4.47 Å². The Kier molecular flexibility index (Phi) is 3.41. The van der Waals surface area contributed by atoms with E-state index in [9.17, 15) is 0 Å². The molecule has 0 saturated heterocycles. The van der Waals surface area contributed by atoms with Crippen molar-refractivity contribution in [3.8, 4) is 0 Å². The molecule has 0 radical (unpaired) electrons. The molecule has 1 unspecified atom stereocenters. The van der Waals surface area contributed by atoms with Gasteiger partial charge in [-0.2, -0.15) is 0 Å². The molecule has 1 heterocycles. The van der Waals surface area contributed by atoms with Crippen molar-refractivity contribution in [3.63, 3.8) is 0 Å². The van der Waals surface area contributed by atoms with Gasteiger partial charge in [-0.25, -0.2) is 9.97 Å². The van der Waals surface area contributed by atoms with Crippen LogP contribution in [0.5, 0.6) is 0 Å². The third kappa shape index (κ3) is 2.45. The van der Waals surface area contributed by atoms with Gasteiger partial charge in [-0.1, -0.05) is 13.8 Å². The molecule has 1 aliphatic carbocycles. The second-order valence-electron chi connectivity index (χ2n) is 5.12. The van der Waals surface area contributed by atoms with E-state index in [2.05, 4.69) is 45.1 Å². The number of hydrogen-bond donors (Lipinski definition) is 1. The Balaban J connectivity index is 2.37. The number of methoxy groups -OCH3 is 1. The topological polar surface area (TPSA) is 47.0 Å². The molecule has 1 N–H and O–H groups in total. The first-order valence-electron chi connectivity index (χ1n) is 5.72. The van der Waals surface area contributed by atoms with Gasteiger partial charge in [-0.3, -0.25) is 0 Å². The van der Waals surface area contributed by atoms with Crippen molar-refractivity contribution in [3.05, 3.63) is 16.0 Å². The average molecular weight is 300 g/mol. The van der Waals surface area contributed by atoms with Gasteiger partial charge in [0.1, 0.15) is 11.6 Å². The maximum Gasteiger partial charge on any atom is 0.144 e. The zero-order valence-corrected chi connectivity index (χ0v) is 12.3. The molecule has 2 rings (SSSR count). The van der Waals surface area contributed by atoms with Gasteiger partial charge in [0.25, 0.3) is 0 Å². The largest absolute Gasteiger partial charge is 0.378 e. The molecule has 5 heteroatoms. The van der Waals surface area contributed by atoms with Gasteiger partial charge >= 0.3 is 0 Å². The number of hydrogen-bond acceptors (Lipinski definition) is 4. The number of ether oxygens (including phenoxy) is 1. The summed E-state index contributed by atoms with van der Waals surface area (Å²) in [5.41, 5.74) is 1.24. The molecule has 1 fully saturated rings. The third-order valence-corrected chi connectivity index (χ3v) is 4.11. The van der Waals surface area contributed by atoms with Crippen molar-refractivity contribution in [2.45, 2.75) is 32.8 Å². The van der Waals surface area contributed by atoms with Crippen LogP contribution < -0.4 is 5.32 Å². The molecule has 0 aromatic carbocycles. The van der Waals surface area contributed by atoms with E-state index in [0.29, 0.717) is 17.9 Å². The SMILES string of the molecule is CNc1nc(C2CC2(C)C)nc(COC)c1Br. The molecule has 0 spiro atoms. The average Bonchev–Trinajstić information content (AvgIpc) is 2.91. The van der Waals surface area contributed by atoms with E-state index in [1.807, 2.05) is 7.05 Å². The highest BCUT2D eigenvalue weighted by Crippen LogP contribution is 2.57. The molecule has 17 heavy (non-hydrogen) atoms. The van der Waals surface area contributed by atoms with Crippen molar-refractivity contribution in [1.82, 2.24) is 9.97 Å². The number of halogens is 1. The van der Waals surface area contributed by atoms with Gasteiger partial charge in [-0.15, -0.1) is 0 Å². The first-order chi connectivity index (χ1) is 7.99. The summed E-state index contributed by atoms with van der Waals surface area (Å²) in [6, 6.07) is 0. The van der Waals surface area contributed by atoms with Crippen molar-refractivity contribution in [2.24, 2.45) is 5.41 Å². The predicted molar refractivity (Wildman–Crippen MR) is 71.1 cm³/mol. The van der Waals surface area contributed by atoms with Crippen molar-refractivity contribution < 1.29 is 4.74 Å². The summed E-state index contributed by atoms with van der Waals surface area (Å²) in [6.45, 7) is 4.99. The standard InChI is InChI=1S/C12H18BrN3O/c1-12(2)5-7(12)10-15-8(6-17-4)9(13)11(14-3)16-10/h7H,5-6H2,1-4H3,(H,14,15,16). The van der Waals surface area contributed by atoms with Crippen molar-refractivity contribution in [1.29, 1.82) is 0 Å². The summed E-state index contributed by atoms with van der Waals surface area (Å²) < 4.78 is 6.06. The van der Waals surface area contributed by atoms with E-state index in [-0.39, 0.29) is 0 Å². The van der Waals surface area contributed by atoms with E-state index in [4.69, 9.17) is 4.74 Å². The van der Waals surface area contributed by atoms with Crippen LogP contribution in [0, 0.1) is 5.41 Å². The van der Waals surface area contributed by atoms with E-state index < -0.39 is 0 Å². The Morgan fingerprint density at radius 3 is 2.59 bits per heavy atom. The van der Waals surface area contributed by atoms with E-state index in [1.165, 1.54) is 0 Å². The minimum Gasteiger partial charge on any atom is -0.378 e. The first kappa shape index (κ1) is 12.8.